The van der Waals surface area contributed by atoms with Crippen LogP contribution in [0.1, 0.15) is 18.3 Å². The molecule has 0 spiro atoms. The summed E-state index contributed by atoms with van der Waals surface area (Å²) in [5.41, 5.74) is 4.67. The molecule has 0 amide bonds. The fraction of sp³-hybridized carbons (Fsp3) is 0.235. The first kappa shape index (κ1) is 12.7. The zero-order valence-corrected chi connectivity index (χ0v) is 11.9. The van der Waals surface area contributed by atoms with Crippen molar-refractivity contribution in [2.75, 3.05) is 5.32 Å². The molecule has 0 unspecified atom stereocenters. The van der Waals surface area contributed by atoms with Gasteiger partial charge >= 0.3 is 0 Å². The third-order valence-electron chi connectivity index (χ3n) is 3.52. The van der Waals surface area contributed by atoms with Crippen LogP contribution in [0.4, 0.5) is 5.69 Å². The molecule has 0 saturated carbocycles. The summed E-state index contributed by atoms with van der Waals surface area (Å²) >= 11 is 0. The van der Waals surface area contributed by atoms with E-state index in [2.05, 4.69) is 66.2 Å². The van der Waals surface area contributed by atoms with Crippen LogP contribution in [0.25, 0.3) is 11.0 Å². The summed E-state index contributed by atoms with van der Waals surface area (Å²) in [4.78, 5) is 4.72. The van der Waals surface area contributed by atoms with E-state index in [1.165, 1.54) is 11.1 Å². The molecule has 3 aromatic rings. The molecule has 1 aromatic heterocycles. The predicted octanol–water partition coefficient (Wildman–Crippen LogP) is 3.98. The van der Waals surface area contributed by atoms with Crippen molar-refractivity contribution in [3.63, 3.8) is 0 Å². The van der Waals surface area contributed by atoms with Gasteiger partial charge in [0, 0.05) is 12.2 Å². The smallest absolute Gasteiger partial charge is 0.129 e. The van der Waals surface area contributed by atoms with E-state index in [0.29, 0.717) is 0 Å². The number of aromatic nitrogens is 2. The number of imidazole rings is 1. The highest BCUT2D eigenvalue weighted by atomic mass is 15.1. The first-order valence-corrected chi connectivity index (χ1v) is 7.02. The van der Waals surface area contributed by atoms with Gasteiger partial charge in [0.05, 0.1) is 17.6 Å². The Balaban J connectivity index is 1.87. The van der Waals surface area contributed by atoms with Crippen molar-refractivity contribution in [2.45, 2.75) is 26.9 Å². The number of nitrogens with zero attached hydrogens (tertiary/aromatic N) is 2. The van der Waals surface area contributed by atoms with Crippen LogP contribution in [0.5, 0.6) is 0 Å². The lowest BCUT2D eigenvalue weighted by Gasteiger charge is -2.09. The summed E-state index contributed by atoms with van der Waals surface area (Å²) in [5, 5.41) is 3.45. The van der Waals surface area contributed by atoms with Crippen molar-refractivity contribution in [3.05, 3.63) is 59.9 Å². The fourth-order valence-electron chi connectivity index (χ4n) is 2.55. The van der Waals surface area contributed by atoms with E-state index < -0.39 is 0 Å². The molecular formula is C17H19N3. The van der Waals surface area contributed by atoms with Crippen molar-refractivity contribution in [1.82, 2.24) is 9.55 Å². The average Bonchev–Trinajstić information content (AvgIpc) is 2.82. The number of nitrogens with one attached hydrogen (secondary N) is 1. The van der Waals surface area contributed by atoms with E-state index in [4.69, 9.17) is 4.98 Å². The van der Waals surface area contributed by atoms with Crippen molar-refractivity contribution in [2.24, 2.45) is 0 Å². The molecule has 0 radical (unpaired) electrons. The molecule has 0 atom stereocenters. The molecule has 2 aromatic carbocycles. The van der Waals surface area contributed by atoms with Crippen LogP contribution < -0.4 is 5.32 Å². The Morgan fingerprint density at radius 3 is 2.75 bits per heavy atom. The maximum Gasteiger partial charge on any atom is 0.129 e. The van der Waals surface area contributed by atoms with E-state index >= 15 is 0 Å². The van der Waals surface area contributed by atoms with Crippen molar-refractivity contribution in [1.29, 1.82) is 0 Å². The number of hydrogen-bond donors (Lipinski definition) is 1. The molecular weight excluding hydrogens is 246 g/mol. The predicted molar refractivity (Wildman–Crippen MR) is 83.9 cm³/mol. The molecule has 0 aliphatic carbocycles. The molecule has 0 bridgehead atoms. The number of hydrogen-bond acceptors (Lipinski definition) is 2. The summed E-state index contributed by atoms with van der Waals surface area (Å²) in [6.45, 7) is 5.94. The monoisotopic (exact) mass is 265 g/mol. The second-order valence-corrected chi connectivity index (χ2v) is 4.98. The van der Waals surface area contributed by atoms with Gasteiger partial charge in [-0.1, -0.05) is 24.3 Å². The number of anilines is 1. The number of fused-ring (bicyclic) bond motifs is 1. The summed E-state index contributed by atoms with van der Waals surface area (Å²) in [7, 11) is 0. The first-order chi connectivity index (χ1) is 9.78. The number of benzene rings is 2. The molecule has 20 heavy (non-hydrogen) atoms. The van der Waals surface area contributed by atoms with E-state index in [1.54, 1.807) is 0 Å². The highest BCUT2D eigenvalue weighted by Gasteiger charge is 2.08. The normalized spacial score (nSPS) is 10.9. The molecule has 0 saturated heterocycles. The Bertz CT molecular complexity index is 728. The van der Waals surface area contributed by atoms with Gasteiger partial charge in [0.1, 0.15) is 5.82 Å². The topological polar surface area (TPSA) is 29.9 Å². The van der Waals surface area contributed by atoms with Crippen LogP contribution in [0.15, 0.2) is 48.5 Å². The average molecular weight is 265 g/mol. The highest BCUT2D eigenvalue weighted by Crippen LogP contribution is 2.17. The molecule has 1 N–H and O–H groups in total. The van der Waals surface area contributed by atoms with Crippen LogP contribution in [0.2, 0.25) is 0 Å². The standard InChI is InChI=1S/C17H19N3/c1-3-20-16-10-5-4-9-15(16)19-17(20)12-18-14-8-6-7-13(2)11-14/h4-11,18H,3,12H2,1-2H3. The van der Waals surface area contributed by atoms with Gasteiger partial charge in [0.15, 0.2) is 0 Å². The van der Waals surface area contributed by atoms with Crippen LogP contribution >= 0.6 is 0 Å². The second-order valence-electron chi connectivity index (χ2n) is 4.98. The second kappa shape index (κ2) is 5.37. The zero-order valence-electron chi connectivity index (χ0n) is 11.9. The van der Waals surface area contributed by atoms with Crippen molar-refractivity contribution >= 4 is 16.7 Å². The van der Waals surface area contributed by atoms with Gasteiger partial charge in [-0.2, -0.15) is 0 Å². The van der Waals surface area contributed by atoms with E-state index in [0.717, 1.165) is 30.1 Å². The number of rotatable bonds is 4. The minimum absolute atomic E-state index is 0.742. The molecule has 0 aliphatic rings. The van der Waals surface area contributed by atoms with Crippen molar-refractivity contribution in [3.8, 4) is 0 Å². The minimum Gasteiger partial charge on any atom is -0.378 e. The Morgan fingerprint density at radius 2 is 1.95 bits per heavy atom. The van der Waals surface area contributed by atoms with Crippen LogP contribution in [-0.4, -0.2) is 9.55 Å². The van der Waals surface area contributed by atoms with Crippen LogP contribution in [0, 0.1) is 6.92 Å². The Morgan fingerprint density at radius 1 is 1.10 bits per heavy atom. The lowest BCUT2D eigenvalue weighted by atomic mass is 10.2. The van der Waals surface area contributed by atoms with Crippen LogP contribution in [0.3, 0.4) is 0 Å². The van der Waals surface area contributed by atoms with Gasteiger partial charge < -0.3 is 9.88 Å². The molecule has 0 fully saturated rings. The van der Waals surface area contributed by atoms with Crippen LogP contribution in [-0.2, 0) is 13.1 Å². The highest BCUT2D eigenvalue weighted by molar-refractivity contribution is 5.75. The summed E-state index contributed by atoms with van der Waals surface area (Å²) in [5.74, 6) is 1.08. The molecule has 102 valence electrons. The zero-order chi connectivity index (χ0) is 13.9. The fourth-order valence-corrected chi connectivity index (χ4v) is 2.55. The Hall–Kier alpha value is -2.29. The van der Waals surface area contributed by atoms with Gasteiger partial charge in [0.2, 0.25) is 0 Å². The minimum atomic E-state index is 0.742. The van der Waals surface area contributed by atoms with Crippen molar-refractivity contribution < 1.29 is 0 Å². The third kappa shape index (κ3) is 2.39. The largest absolute Gasteiger partial charge is 0.378 e. The van der Waals surface area contributed by atoms with E-state index in [9.17, 15) is 0 Å². The number of aryl methyl sites for hydroxylation is 2. The molecule has 0 aliphatic heterocycles. The maximum atomic E-state index is 4.72. The number of para-hydroxylation sites is 2. The Labute approximate surface area is 119 Å². The summed E-state index contributed by atoms with van der Waals surface area (Å²) in [6, 6.07) is 16.7. The summed E-state index contributed by atoms with van der Waals surface area (Å²) < 4.78 is 2.26. The first-order valence-electron chi connectivity index (χ1n) is 7.02. The van der Waals surface area contributed by atoms with E-state index in [-0.39, 0.29) is 0 Å². The lowest BCUT2D eigenvalue weighted by Crippen LogP contribution is -2.07. The Kier molecular flexibility index (Phi) is 3.42. The van der Waals surface area contributed by atoms with Gasteiger partial charge in [-0.25, -0.2) is 4.98 Å². The summed E-state index contributed by atoms with van der Waals surface area (Å²) in [6.07, 6.45) is 0. The van der Waals surface area contributed by atoms with Gasteiger partial charge in [-0.15, -0.1) is 0 Å². The molecule has 3 nitrogen and oxygen atoms in total. The quantitative estimate of drug-likeness (QED) is 0.773. The molecule has 1 heterocycles. The SMILES string of the molecule is CCn1c(CNc2cccc(C)c2)nc2ccccc21. The van der Waals surface area contributed by atoms with Gasteiger partial charge in [0.25, 0.3) is 0 Å². The van der Waals surface area contributed by atoms with Gasteiger partial charge in [-0.05, 0) is 43.7 Å². The maximum absolute atomic E-state index is 4.72. The van der Waals surface area contributed by atoms with E-state index in [1.807, 2.05) is 6.07 Å². The van der Waals surface area contributed by atoms with Gasteiger partial charge in [-0.3, -0.25) is 0 Å². The molecule has 3 rings (SSSR count). The third-order valence-corrected chi connectivity index (χ3v) is 3.52. The lowest BCUT2D eigenvalue weighted by molar-refractivity contribution is 0.729. The molecule has 3 heteroatoms.